The maximum absolute atomic E-state index is 11.8. The normalized spacial score (nSPS) is 15.0. The zero-order chi connectivity index (χ0) is 16.0. The number of hydrogen-bond donors (Lipinski definition) is 1. The molecule has 1 saturated carbocycles. The lowest BCUT2D eigenvalue weighted by atomic mass is 9.94. The number of esters is 1. The molecule has 4 heteroatoms. The fourth-order valence-electron chi connectivity index (χ4n) is 2.97. The van der Waals surface area contributed by atoms with E-state index in [9.17, 15) is 4.79 Å². The summed E-state index contributed by atoms with van der Waals surface area (Å²) >= 11 is 1.69. The zero-order valence-electron chi connectivity index (χ0n) is 12.8. The van der Waals surface area contributed by atoms with Gasteiger partial charge in [-0.2, -0.15) is 0 Å². The summed E-state index contributed by atoms with van der Waals surface area (Å²) in [5, 5.41) is 8.76. The van der Waals surface area contributed by atoms with Gasteiger partial charge >= 0.3 is 5.97 Å². The molecule has 0 amide bonds. The summed E-state index contributed by atoms with van der Waals surface area (Å²) in [7, 11) is 0. The molecule has 2 aliphatic rings. The number of carbonyl (C=O) groups excluding carboxylic acids is 1. The van der Waals surface area contributed by atoms with Crippen molar-refractivity contribution in [2.75, 3.05) is 6.79 Å². The molecular weight excluding hydrogens is 308 g/mol. The fourth-order valence-corrected chi connectivity index (χ4v) is 4.08. The molecule has 3 nitrogen and oxygen atoms in total. The van der Waals surface area contributed by atoms with Gasteiger partial charge in [0.15, 0.2) is 6.79 Å². The Bertz CT molecular complexity index is 846. The van der Waals surface area contributed by atoms with Crippen LogP contribution in [0.4, 0.5) is 0 Å². The molecule has 1 aliphatic carbocycles. The lowest BCUT2D eigenvalue weighted by Gasteiger charge is -2.23. The monoisotopic (exact) mass is 324 g/mol. The van der Waals surface area contributed by atoms with Gasteiger partial charge in [0.1, 0.15) is 0 Å². The molecule has 0 radical (unpaired) electrons. The number of aryl methyl sites for hydroxylation is 1. The van der Waals surface area contributed by atoms with Crippen LogP contribution < -0.4 is 0 Å². The van der Waals surface area contributed by atoms with Crippen molar-refractivity contribution in [2.45, 2.75) is 29.6 Å². The van der Waals surface area contributed by atoms with Crippen molar-refractivity contribution >= 4 is 23.3 Å². The first-order valence-corrected chi connectivity index (χ1v) is 8.42. The molecule has 4 rings (SSSR count). The summed E-state index contributed by atoms with van der Waals surface area (Å²) in [6.45, 7) is 1.52. The van der Waals surface area contributed by atoms with Gasteiger partial charge in [0.2, 0.25) is 0 Å². The van der Waals surface area contributed by atoms with Crippen LogP contribution in [-0.2, 0) is 4.74 Å². The Hall–Kier alpha value is -2.04. The molecule has 23 heavy (non-hydrogen) atoms. The Labute approximate surface area is 139 Å². The standard InChI is InChI=1S/C19H16O3S/c1-11-2-7-16-15(8-11)18(12-3-4-12)14-6-5-13(9-17(14)23-16)19(21)22-10-20/h2,5-9,20H,3-4,10H2,1H3. The quantitative estimate of drug-likeness (QED) is 0.568. The number of carbonyl (C=O) groups is 1. The largest absolute Gasteiger partial charge is 0.435 e. The van der Waals surface area contributed by atoms with Gasteiger partial charge in [0, 0.05) is 9.79 Å². The Balaban J connectivity index is 1.84. The first-order valence-electron chi connectivity index (χ1n) is 7.60. The third-order valence-corrected chi connectivity index (χ3v) is 5.29. The summed E-state index contributed by atoms with van der Waals surface area (Å²) < 4.78 is 4.69. The summed E-state index contributed by atoms with van der Waals surface area (Å²) in [6.07, 6.45) is 2.31. The molecule has 116 valence electrons. The van der Waals surface area contributed by atoms with E-state index in [4.69, 9.17) is 5.11 Å². The highest BCUT2D eigenvalue weighted by molar-refractivity contribution is 7.99. The van der Waals surface area contributed by atoms with Crippen molar-refractivity contribution in [1.82, 2.24) is 0 Å². The van der Waals surface area contributed by atoms with Crippen LogP contribution in [0, 0.1) is 6.92 Å². The first-order chi connectivity index (χ1) is 11.2. The molecule has 2 aromatic carbocycles. The fraction of sp³-hybridized carbons (Fsp3) is 0.211. The van der Waals surface area contributed by atoms with Gasteiger partial charge < -0.3 is 9.84 Å². The minimum atomic E-state index is -0.597. The van der Waals surface area contributed by atoms with Crippen LogP contribution in [0.15, 0.2) is 51.8 Å². The van der Waals surface area contributed by atoms with Crippen molar-refractivity contribution in [3.8, 4) is 0 Å². The second-order valence-corrected chi connectivity index (χ2v) is 6.94. The van der Waals surface area contributed by atoms with Gasteiger partial charge in [-0.3, -0.25) is 0 Å². The van der Waals surface area contributed by atoms with E-state index in [0.29, 0.717) is 5.56 Å². The summed E-state index contributed by atoms with van der Waals surface area (Å²) in [5.74, 6) is -0.494. The Morgan fingerprint density at radius 2 is 1.96 bits per heavy atom. The van der Waals surface area contributed by atoms with Crippen molar-refractivity contribution in [3.05, 3.63) is 64.2 Å². The highest BCUT2D eigenvalue weighted by Gasteiger charge is 2.28. The Morgan fingerprint density at radius 3 is 2.70 bits per heavy atom. The van der Waals surface area contributed by atoms with Crippen LogP contribution in [0.25, 0.3) is 5.57 Å². The van der Waals surface area contributed by atoms with Crippen molar-refractivity contribution < 1.29 is 14.6 Å². The third-order valence-electron chi connectivity index (χ3n) is 4.16. The molecule has 0 spiro atoms. The summed E-state index contributed by atoms with van der Waals surface area (Å²) in [4.78, 5) is 14.1. The molecule has 0 unspecified atom stereocenters. The Kier molecular flexibility index (Phi) is 3.51. The van der Waals surface area contributed by atoms with E-state index in [0.717, 1.165) is 17.7 Å². The number of benzene rings is 2. The molecule has 1 heterocycles. The van der Waals surface area contributed by atoms with Crippen LogP contribution in [0.1, 0.15) is 39.9 Å². The minimum absolute atomic E-state index is 0.473. The number of allylic oxidation sites excluding steroid dienone is 1. The number of aliphatic hydroxyl groups is 1. The van der Waals surface area contributed by atoms with E-state index >= 15 is 0 Å². The van der Waals surface area contributed by atoms with Crippen LogP contribution >= 0.6 is 11.8 Å². The molecule has 0 atom stereocenters. The molecule has 0 bridgehead atoms. The second kappa shape index (κ2) is 5.55. The first kappa shape index (κ1) is 14.5. The van der Waals surface area contributed by atoms with E-state index in [1.807, 2.05) is 12.1 Å². The average Bonchev–Trinajstić information content (AvgIpc) is 3.37. The number of hydrogen-bond acceptors (Lipinski definition) is 4. The van der Waals surface area contributed by atoms with E-state index in [-0.39, 0.29) is 0 Å². The van der Waals surface area contributed by atoms with E-state index in [1.165, 1.54) is 32.7 Å². The molecule has 0 saturated heterocycles. The highest BCUT2D eigenvalue weighted by Crippen LogP contribution is 2.51. The van der Waals surface area contributed by atoms with Gasteiger partial charge in [-0.1, -0.05) is 41.1 Å². The smallest absolute Gasteiger partial charge is 0.340 e. The number of ether oxygens (including phenoxy) is 1. The van der Waals surface area contributed by atoms with Gasteiger partial charge in [-0.15, -0.1) is 0 Å². The van der Waals surface area contributed by atoms with Crippen molar-refractivity contribution in [2.24, 2.45) is 0 Å². The lowest BCUT2D eigenvalue weighted by molar-refractivity contribution is 0.00681. The van der Waals surface area contributed by atoms with Crippen LogP contribution in [0.5, 0.6) is 0 Å². The molecular formula is C19H16O3S. The topological polar surface area (TPSA) is 46.5 Å². The SMILES string of the molecule is Cc1ccc2c(c1)C(=C1CC1)c1ccc(C(=O)OCO)cc1S2. The predicted octanol–water partition coefficient (Wildman–Crippen LogP) is 4.16. The lowest BCUT2D eigenvalue weighted by Crippen LogP contribution is -2.07. The van der Waals surface area contributed by atoms with Gasteiger partial charge in [-0.05, 0) is 54.7 Å². The molecule has 1 fully saturated rings. The number of rotatable bonds is 2. The van der Waals surface area contributed by atoms with Crippen molar-refractivity contribution in [1.29, 1.82) is 0 Å². The molecule has 1 N–H and O–H groups in total. The average molecular weight is 324 g/mol. The van der Waals surface area contributed by atoms with E-state index < -0.39 is 12.8 Å². The van der Waals surface area contributed by atoms with Crippen LogP contribution in [-0.4, -0.2) is 17.9 Å². The maximum Gasteiger partial charge on any atom is 0.340 e. The molecule has 0 aromatic heterocycles. The van der Waals surface area contributed by atoms with Crippen LogP contribution in [0.2, 0.25) is 0 Å². The van der Waals surface area contributed by atoms with Gasteiger partial charge in [-0.25, -0.2) is 4.79 Å². The Morgan fingerprint density at radius 1 is 1.13 bits per heavy atom. The molecule has 2 aromatic rings. The maximum atomic E-state index is 11.8. The summed E-state index contributed by atoms with van der Waals surface area (Å²) in [5.41, 5.74) is 7.06. The summed E-state index contributed by atoms with van der Waals surface area (Å²) in [6, 6.07) is 12.2. The number of fused-ring (bicyclic) bond motifs is 2. The minimum Gasteiger partial charge on any atom is -0.435 e. The van der Waals surface area contributed by atoms with E-state index in [1.54, 1.807) is 17.8 Å². The van der Waals surface area contributed by atoms with Gasteiger partial charge in [0.25, 0.3) is 0 Å². The molecule has 1 aliphatic heterocycles. The second-order valence-electron chi connectivity index (χ2n) is 5.85. The van der Waals surface area contributed by atoms with Gasteiger partial charge in [0.05, 0.1) is 5.56 Å². The number of aliphatic hydroxyl groups excluding tert-OH is 1. The third kappa shape index (κ3) is 2.58. The zero-order valence-corrected chi connectivity index (χ0v) is 13.6. The van der Waals surface area contributed by atoms with Crippen molar-refractivity contribution in [3.63, 3.8) is 0 Å². The van der Waals surface area contributed by atoms with E-state index in [2.05, 4.69) is 29.9 Å². The predicted molar refractivity (Wildman–Crippen MR) is 89.5 cm³/mol. The highest BCUT2D eigenvalue weighted by atomic mass is 32.2. The van der Waals surface area contributed by atoms with Crippen LogP contribution in [0.3, 0.4) is 0 Å².